The molecule has 0 fully saturated rings. The topological polar surface area (TPSA) is 39.9 Å². The van der Waals surface area contributed by atoms with E-state index in [2.05, 4.69) is 10.2 Å². The number of para-hydroxylation sites is 1. The standard InChI is InChI=1S/C17H15Cl2N3OS/c1-12-20-21-17(22(12)14-8-6-13(18)7-9-14)24-11-10-23-16-5-3-2-4-15(16)19/h2-9H,10-11H2,1H3. The SMILES string of the molecule is Cc1nnc(SCCOc2ccccc2Cl)n1-c1ccc(Cl)cc1. The van der Waals surface area contributed by atoms with E-state index in [1.807, 2.05) is 60.0 Å². The summed E-state index contributed by atoms with van der Waals surface area (Å²) in [5.41, 5.74) is 0.983. The fraction of sp³-hybridized carbons (Fsp3) is 0.176. The highest BCUT2D eigenvalue weighted by molar-refractivity contribution is 7.99. The highest BCUT2D eigenvalue weighted by atomic mass is 35.5. The molecule has 0 aliphatic carbocycles. The van der Waals surface area contributed by atoms with Crippen LogP contribution in [0.15, 0.2) is 53.7 Å². The van der Waals surface area contributed by atoms with E-state index >= 15 is 0 Å². The van der Waals surface area contributed by atoms with Crippen molar-refractivity contribution in [3.05, 3.63) is 64.4 Å². The molecule has 4 nitrogen and oxygen atoms in total. The van der Waals surface area contributed by atoms with Crippen LogP contribution in [0.25, 0.3) is 5.69 Å². The van der Waals surface area contributed by atoms with Crippen LogP contribution in [-0.2, 0) is 0 Å². The Hall–Kier alpha value is -1.69. The summed E-state index contributed by atoms with van der Waals surface area (Å²) in [6, 6.07) is 15.0. The zero-order chi connectivity index (χ0) is 16.9. The number of nitrogens with zero attached hydrogens (tertiary/aromatic N) is 3. The lowest BCUT2D eigenvalue weighted by Gasteiger charge is -2.09. The number of aromatic nitrogens is 3. The maximum atomic E-state index is 6.07. The lowest BCUT2D eigenvalue weighted by Crippen LogP contribution is -2.03. The molecule has 0 unspecified atom stereocenters. The minimum absolute atomic E-state index is 0.529. The maximum absolute atomic E-state index is 6.07. The molecule has 0 aliphatic heterocycles. The van der Waals surface area contributed by atoms with Crippen LogP contribution in [-0.4, -0.2) is 27.1 Å². The van der Waals surface area contributed by atoms with Gasteiger partial charge in [0.2, 0.25) is 0 Å². The van der Waals surface area contributed by atoms with Crippen LogP contribution in [0.4, 0.5) is 0 Å². The van der Waals surface area contributed by atoms with E-state index in [9.17, 15) is 0 Å². The van der Waals surface area contributed by atoms with Crippen molar-refractivity contribution in [2.75, 3.05) is 12.4 Å². The first kappa shape index (κ1) is 17.1. The van der Waals surface area contributed by atoms with E-state index in [-0.39, 0.29) is 0 Å². The summed E-state index contributed by atoms with van der Waals surface area (Å²) in [4.78, 5) is 0. The molecule has 1 aromatic heterocycles. The van der Waals surface area contributed by atoms with Gasteiger partial charge in [0.25, 0.3) is 0 Å². The van der Waals surface area contributed by atoms with Crippen LogP contribution in [0.3, 0.4) is 0 Å². The number of rotatable bonds is 6. The Morgan fingerprint density at radius 3 is 2.54 bits per heavy atom. The maximum Gasteiger partial charge on any atom is 0.195 e. The van der Waals surface area contributed by atoms with Crippen molar-refractivity contribution in [2.24, 2.45) is 0 Å². The monoisotopic (exact) mass is 379 g/mol. The van der Waals surface area contributed by atoms with Gasteiger partial charge >= 0.3 is 0 Å². The van der Waals surface area contributed by atoms with Gasteiger partial charge in [0.15, 0.2) is 5.16 Å². The van der Waals surface area contributed by atoms with Gasteiger partial charge in [0.1, 0.15) is 11.6 Å². The van der Waals surface area contributed by atoms with E-state index in [4.69, 9.17) is 27.9 Å². The summed E-state index contributed by atoms with van der Waals surface area (Å²) >= 11 is 13.6. The summed E-state index contributed by atoms with van der Waals surface area (Å²) in [6.07, 6.45) is 0. The fourth-order valence-corrected chi connectivity index (χ4v) is 3.30. The molecule has 0 N–H and O–H groups in total. The van der Waals surface area contributed by atoms with Crippen molar-refractivity contribution in [1.29, 1.82) is 0 Å². The van der Waals surface area contributed by atoms with E-state index in [0.717, 1.165) is 22.4 Å². The molecule has 7 heteroatoms. The van der Waals surface area contributed by atoms with Crippen molar-refractivity contribution in [1.82, 2.24) is 14.8 Å². The van der Waals surface area contributed by atoms with Crippen LogP contribution < -0.4 is 4.74 Å². The highest BCUT2D eigenvalue weighted by Crippen LogP contribution is 2.25. The molecule has 0 spiro atoms. The minimum atomic E-state index is 0.529. The van der Waals surface area contributed by atoms with Crippen LogP contribution >= 0.6 is 35.0 Å². The Bertz CT molecular complexity index is 821. The number of hydrogen-bond donors (Lipinski definition) is 0. The normalized spacial score (nSPS) is 10.8. The quantitative estimate of drug-likeness (QED) is 0.443. The molecule has 1 heterocycles. The van der Waals surface area contributed by atoms with Crippen molar-refractivity contribution in [3.8, 4) is 11.4 Å². The molecule has 0 atom stereocenters. The number of hydrogen-bond acceptors (Lipinski definition) is 4. The van der Waals surface area contributed by atoms with Crippen LogP contribution in [0, 0.1) is 6.92 Å². The Kier molecular flexibility index (Phi) is 5.66. The Morgan fingerprint density at radius 1 is 1.04 bits per heavy atom. The van der Waals surface area contributed by atoms with Gasteiger partial charge in [-0.15, -0.1) is 10.2 Å². The molecule has 0 radical (unpaired) electrons. The van der Waals surface area contributed by atoms with Gasteiger partial charge in [-0.1, -0.05) is 47.1 Å². The molecule has 0 aliphatic rings. The molecular weight excluding hydrogens is 365 g/mol. The van der Waals surface area contributed by atoms with E-state index in [0.29, 0.717) is 22.4 Å². The van der Waals surface area contributed by atoms with Crippen molar-refractivity contribution < 1.29 is 4.74 Å². The molecule has 0 saturated carbocycles. The zero-order valence-corrected chi connectivity index (χ0v) is 15.3. The first-order valence-electron chi connectivity index (χ1n) is 7.33. The summed E-state index contributed by atoms with van der Waals surface area (Å²) in [7, 11) is 0. The van der Waals surface area contributed by atoms with Gasteiger partial charge < -0.3 is 4.74 Å². The van der Waals surface area contributed by atoms with Crippen molar-refractivity contribution >= 4 is 35.0 Å². The molecule has 3 aromatic rings. The lowest BCUT2D eigenvalue weighted by atomic mass is 10.3. The Balaban J connectivity index is 1.64. The first-order valence-corrected chi connectivity index (χ1v) is 9.07. The predicted molar refractivity (Wildman–Crippen MR) is 98.8 cm³/mol. The Morgan fingerprint density at radius 2 is 1.79 bits per heavy atom. The van der Waals surface area contributed by atoms with E-state index in [1.165, 1.54) is 0 Å². The second-order valence-electron chi connectivity index (χ2n) is 4.97. The van der Waals surface area contributed by atoms with Gasteiger partial charge in [-0.25, -0.2) is 0 Å². The van der Waals surface area contributed by atoms with E-state index in [1.54, 1.807) is 11.8 Å². The number of aryl methyl sites for hydroxylation is 1. The summed E-state index contributed by atoms with van der Waals surface area (Å²) in [6.45, 7) is 2.45. The lowest BCUT2D eigenvalue weighted by molar-refractivity contribution is 0.344. The van der Waals surface area contributed by atoms with Gasteiger partial charge in [0.05, 0.1) is 11.6 Å². The van der Waals surface area contributed by atoms with E-state index < -0.39 is 0 Å². The van der Waals surface area contributed by atoms with Gasteiger partial charge in [-0.2, -0.15) is 0 Å². The molecule has 0 bridgehead atoms. The highest BCUT2D eigenvalue weighted by Gasteiger charge is 2.11. The average molecular weight is 380 g/mol. The van der Waals surface area contributed by atoms with Crippen molar-refractivity contribution in [3.63, 3.8) is 0 Å². The smallest absolute Gasteiger partial charge is 0.195 e. The minimum Gasteiger partial charge on any atom is -0.491 e. The molecule has 2 aromatic carbocycles. The predicted octanol–water partition coefficient (Wildman–Crippen LogP) is 5.05. The Labute approximate surface area is 154 Å². The van der Waals surface area contributed by atoms with Gasteiger partial charge in [-0.05, 0) is 43.3 Å². The fourth-order valence-electron chi connectivity index (χ4n) is 2.17. The number of halogens is 2. The molecule has 124 valence electrons. The third-order valence-corrected chi connectivity index (χ3v) is 4.75. The molecular formula is C17H15Cl2N3OS. The first-order chi connectivity index (χ1) is 11.6. The summed E-state index contributed by atoms with van der Waals surface area (Å²) in [5, 5.41) is 10.5. The van der Waals surface area contributed by atoms with Crippen LogP contribution in [0.1, 0.15) is 5.82 Å². The second kappa shape index (κ2) is 7.92. The molecule has 24 heavy (non-hydrogen) atoms. The van der Waals surface area contributed by atoms with Crippen LogP contribution in [0.5, 0.6) is 5.75 Å². The summed E-state index contributed by atoms with van der Waals surface area (Å²) in [5.74, 6) is 2.25. The molecule has 0 amide bonds. The molecule has 0 saturated heterocycles. The van der Waals surface area contributed by atoms with Crippen molar-refractivity contribution in [2.45, 2.75) is 12.1 Å². The largest absolute Gasteiger partial charge is 0.491 e. The van der Waals surface area contributed by atoms with Gasteiger partial charge in [0, 0.05) is 16.5 Å². The third-order valence-electron chi connectivity index (χ3n) is 3.29. The number of ether oxygens (including phenoxy) is 1. The number of thioether (sulfide) groups is 1. The average Bonchev–Trinajstić information content (AvgIpc) is 2.95. The molecule has 3 rings (SSSR count). The third kappa shape index (κ3) is 4.04. The second-order valence-corrected chi connectivity index (χ2v) is 6.87. The summed E-state index contributed by atoms with van der Waals surface area (Å²) < 4.78 is 7.70. The zero-order valence-electron chi connectivity index (χ0n) is 12.9. The van der Waals surface area contributed by atoms with Crippen LogP contribution in [0.2, 0.25) is 10.0 Å². The van der Waals surface area contributed by atoms with Gasteiger partial charge in [-0.3, -0.25) is 4.57 Å². The number of benzene rings is 2.